The van der Waals surface area contributed by atoms with E-state index in [0.717, 1.165) is 0 Å². The molecule has 0 amide bonds. The number of benzene rings is 1. The summed E-state index contributed by atoms with van der Waals surface area (Å²) in [6, 6.07) is 4.23. The number of rotatable bonds is 4. The summed E-state index contributed by atoms with van der Waals surface area (Å²) in [6.07, 6.45) is -1.27. The first-order valence-corrected chi connectivity index (χ1v) is 6.40. The molecule has 1 aromatic carbocycles. The van der Waals surface area contributed by atoms with Gasteiger partial charge in [-0.25, -0.2) is 4.39 Å². The lowest BCUT2D eigenvalue weighted by molar-refractivity contribution is -0.160. The fourth-order valence-corrected chi connectivity index (χ4v) is 1.92. The Balaban J connectivity index is 3.08. The molecule has 5 heteroatoms. The number of carbonyl (C=O) groups excluding carboxylic acids is 1. The predicted octanol–water partition coefficient (Wildman–Crippen LogP) is 3.21. The average molecular weight is 319 g/mol. The van der Waals surface area contributed by atoms with Crippen LogP contribution >= 0.6 is 15.9 Å². The lowest BCUT2D eigenvalue weighted by Crippen LogP contribution is -2.33. The Kier molecular flexibility index (Phi) is 4.87. The molecule has 3 nitrogen and oxygen atoms in total. The largest absolute Gasteiger partial charge is 0.465 e. The first kappa shape index (κ1) is 15.1. The molecule has 0 spiro atoms. The van der Waals surface area contributed by atoms with Crippen LogP contribution in [0.2, 0.25) is 0 Å². The summed E-state index contributed by atoms with van der Waals surface area (Å²) in [6.45, 7) is 4.95. The van der Waals surface area contributed by atoms with Crippen LogP contribution in [0, 0.1) is 11.2 Å². The minimum atomic E-state index is -1.27. The summed E-state index contributed by atoms with van der Waals surface area (Å²) in [5, 5.41) is 10.2. The molecule has 0 aliphatic carbocycles. The van der Waals surface area contributed by atoms with E-state index in [9.17, 15) is 14.3 Å². The number of hydrogen-bond acceptors (Lipinski definition) is 3. The fraction of sp³-hybridized carbons (Fsp3) is 0.462. The van der Waals surface area contributed by atoms with Crippen molar-refractivity contribution in [3.8, 4) is 0 Å². The highest BCUT2D eigenvalue weighted by Crippen LogP contribution is 2.36. The Morgan fingerprint density at radius 1 is 1.56 bits per heavy atom. The van der Waals surface area contributed by atoms with Gasteiger partial charge in [-0.05, 0) is 39.0 Å². The SMILES string of the molecule is CCOC(=O)C(C)(C)C(O)c1cc(Br)ccc1F. The van der Waals surface area contributed by atoms with Gasteiger partial charge < -0.3 is 9.84 Å². The molecule has 0 bridgehead atoms. The maximum Gasteiger partial charge on any atom is 0.314 e. The van der Waals surface area contributed by atoms with Gasteiger partial charge in [0.15, 0.2) is 0 Å². The Morgan fingerprint density at radius 2 is 2.17 bits per heavy atom. The molecule has 1 N–H and O–H groups in total. The van der Waals surface area contributed by atoms with Gasteiger partial charge in [0, 0.05) is 10.0 Å². The van der Waals surface area contributed by atoms with Gasteiger partial charge in [-0.2, -0.15) is 0 Å². The zero-order chi connectivity index (χ0) is 13.9. The second-order valence-corrected chi connectivity index (χ2v) is 5.43. The molecule has 0 saturated heterocycles. The molecule has 0 radical (unpaired) electrons. The molecule has 18 heavy (non-hydrogen) atoms. The maximum absolute atomic E-state index is 13.7. The second-order valence-electron chi connectivity index (χ2n) is 4.51. The van der Waals surface area contributed by atoms with Crippen LogP contribution in [0.15, 0.2) is 22.7 Å². The molecule has 0 aliphatic rings. The van der Waals surface area contributed by atoms with Gasteiger partial charge in [0.1, 0.15) is 5.82 Å². The van der Waals surface area contributed by atoms with Gasteiger partial charge in [-0.1, -0.05) is 15.9 Å². The molecule has 1 aromatic rings. The van der Waals surface area contributed by atoms with Crippen LogP contribution < -0.4 is 0 Å². The molecule has 100 valence electrons. The first-order chi connectivity index (χ1) is 8.30. The molecule has 0 saturated carbocycles. The van der Waals surface area contributed by atoms with E-state index in [4.69, 9.17) is 4.74 Å². The van der Waals surface area contributed by atoms with Crippen LogP contribution in [0.1, 0.15) is 32.4 Å². The molecule has 1 unspecified atom stereocenters. The van der Waals surface area contributed by atoms with Gasteiger partial charge in [0.25, 0.3) is 0 Å². The smallest absolute Gasteiger partial charge is 0.314 e. The van der Waals surface area contributed by atoms with Crippen LogP contribution in [-0.2, 0) is 9.53 Å². The van der Waals surface area contributed by atoms with Crippen LogP contribution in [0.25, 0.3) is 0 Å². The summed E-state index contributed by atoms with van der Waals surface area (Å²) in [5.74, 6) is -1.11. The highest BCUT2D eigenvalue weighted by Gasteiger charge is 2.39. The number of carbonyl (C=O) groups is 1. The van der Waals surface area contributed by atoms with Crippen molar-refractivity contribution in [2.24, 2.45) is 5.41 Å². The van der Waals surface area contributed by atoms with E-state index in [2.05, 4.69) is 15.9 Å². The van der Waals surface area contributed by atoms with Crippen LogP contribution in [-0.4, -0.2) is 17.7 Å². The normalized spacial score (nSPS) is 13.2. The number of aliphatic hydroxyl groups is 1. The van der Waals surface area contributed by atoms with Crippen molar-refractivity contribution >= 4 is 21.9 Å². The fourth-order valence-electron chi connectivity index (χ4n) is 1.54. The van der Waals surface area contributed by atoms with Crippen LogP contribution in [0.3, 0.4) is 0 Å². The van der Waals surface area contributed by atoms with Crippen molar-refractivity contribution in [1.82, 2.24) is 0 Å². The van der Waals surface area contributed by atoms with Gasteiger partial charge in [-0.3, -0.25) is 4.79 Å². The lowest BCUT2D eigenvalue weighted by atomic mass is 9.82. The highest BCUT2D eigenvalue weighted by molar-refractivity contribution is 9.10. The number of aliphatic hydroxyl groups excluding tert-OH is 1. The summed E-state index contributed by atoms with van der Waals surface area (Å²) < 4.78 is 19.2. The lowest BCUT2D eigenvalue weighted by Gasteiger charge is -2.28. The average Bonchev–Trinajstić information content (AvgIpc) is 2.31. The van der Waals surface area contributed by atoms with Crippen molar-refractivity contribution in [2.45, 2.75) is 26.9 Å². The van der Waals surface area contributed by atoms with E-state index in [0.29, 0.717) is 4.47 Å². The van der Waals surface area contributed by atoms with Gasteiger partial charge in [-0.15, -0.1) is 0 Å². The van der Waals surface area contributed by atoms with Crippen LogP contribution in [0.5, 0.6) is 0 Å². The molecule has 0 aromatic heterocycles. The molecule has 1 rings (SSSR count). The molecule has 0 aliphatic heterocycles. The minimum absolute atomic E-state index is 0.0717. The minimum Gasteiger partial charge on any atom is -0.465 e. The Hall–Kier alpha value is -0.940. The third kappa shape index (κ3) is 3.09. The van der Waals surface area contributed by atoms with E-state index in [1.165, 1.54) is 32.0 Å². The van der Waals surface area contributed by atoms with E-state index in [-0.39, 0.29) is 12.2 Å². The summed E-state index contributed by atoms with van der Waals surface area (Å²) in [7, 11) is 0. The number of halogens is 2. The second kappa shape index (κ2) is 5.80. The molecule has 1 atom stereocenters. The monoisotopic (exact) mass is 318 g/mol. The standard InChI is InChI=1S/C13H16BrFO3/c1-4-18-12(17)13(2,3)11(16)9-7-8(14)5-6-10(9)15/h5-7,11,16H,4H2,1-3H3. The molecular weight excluding hydrogens is 303 g/mol. The molecular formula is C13H16BrFO3. The number of hydrogen-bond donors (Lipinski definition) is 1. The van der Waals surface area contributed by atoms with Crippen molar-refractivity contribution in [3.05, 3.63) is 34.1 Å². The third-order valence-electron chi connectivity index (χ3n) is 2.74. The zero-order valence-corrected chi connectivity index (χ0v) is 12.1. The Bertz CT molecular complexity index is 446. The van der Waals surface area contributed by atoms with E-state index in [1.54, 1.807) is 6.92 Å². The highest BCUT2D eigenvalue weighted by atomic mass is 79.9. The quantitative estimate of drug-likeness (QED) is 0.867. The predicted molar refractivity (Wildman–Crippen MR) is 69.5 cm³/mol. The van der Waals surface area contributed by atoms with Crippen molar-refractivity contribution in [3.63, 3.8) is 0 Å². The summed E-state index contributed by atoms with van der Waals surface area (Å²) in [5.41, 5.74) is -1.14. The van der Waals surface area contributed by atoms with Gasteiger partial charge in [0.2, 0.25) is 0 Å². The topological polar surface area (TPSA) is 46.5 Å². The summed E-state index contributed by atoms with van der Waals surface area (Å²) in [4.78, 5) is 11.8. The Morgan fingerprint density at radius 3 is 2.72 bits per heavy atom. The Labute approximate surface area is 114 Å². The van der Waals surface area contributed by atoms with E-state index in [1.807, 2.05) is 0 Å². The zero-order valence-electron chi connectivity index (χ0n) is 10.5. The van der Waals surface area contributed by atoms with E-state index < -0.39 is 23.3 Å². The van der Waals surface area contributed by atoms with Crippen molar-refractivity contribution < 1.29 is 19.0 Å². The first-order valence-electron chi connectivity index (χ1n) is 5.61. The van der Waals surface area contributed by atoms with Gasteiger partial charge >= 0.3 is 5.97 Å². The molecule has 0 fully saturated rings. The van der Waals surface area contributed by atoms with Crippen molar-refractivity contribution in [1.29, 1.82) is 0 Å². The maximum atomic E-state index is 13.7. The number of esters is 1. The van der Waals surface area contributed by atoms with Crippen LogP contribution in [0.4, 0.5) is 4.39 Å². The summed E-state index contributed by atoms with van der Waals surface area (Å²) >= 11 is 3.21. The van der Waals surface area contributed by atoms with Gasteiger partial charge in [0.05, 0.1) is 18.1 Å². The van der Waals surface area contributed by atoms with E-state index >= 15 is 0 Å². The van der Waals surface area contributed by atoms with Crippen molar-refractivity contribution in [2.75, 3.05) is 6.61 Å². The molecule has 0 heterocycles. The third-order valence-corrected chi connectivity index (χ3v) is 3.23. The number of ether oxygens (including phenoxy) is 1.